The molecule has 16 heavy (non-hydrogen) atoms. The molecule has 0 atom stereocenters. The zero-order chi connectivity index (χ0) is 13.1. The van der Waals surface area contributed by atoms with Crippen LogP contribution in [0.3, 0.4) is 0 Å². The molecular weight excluding hydrogens is 198 g/mol. The van der Waals surface area contributed by atoms with Gasteiger partial charge in [0, 0.05) is 19.2 Å². The standard InChI is InChI=1S/C10H15NO.2C2H6/c1-4-9-6-7-11(8(3)12)10(9)5-2;2*1-2/h4-5H,6-7H2,1-3H3;2*1-2H3/b9-4-,10-5+;;. The Morgan fingerprint density at radius 2 is 1.62 bits per heavy atom. The zero-order valence-electron chi connectivity index (χ0n) is 11.9. The Morgan fingerprint density at radius 1 is 1.12 bits per heavy atom. The van der Waals surface area contributed by atoms with E-state index in [2.05, 4.69) is 6.08 Å². The van der Waals surface area contributed by atoms with Crippen LogP contribution in [0, 0.1) is 0 Å². The van der Waals surface area contributed by atoms with E-state index in [9.17, 15) is 4.79 Å². The second-order valence-corrected chi connectivity index (χ2v) is 2.91. The number of amides is 1. The van der Waals surface area contributed by atoms with E-state index in [-0.39, 0.29) is 5.91 Å². The third-order valence-corrected chi connectivity index (χ3v) is 2.23. The largest absolute Gasteiger partial charge is 0.312 e. The van der Waals surface area contributed by atoms with Crippen LogP contribution < -0.4 is 0 Å². The van der Waals surface area contributed by atoms with E-state index in [1.165, 1.54) is 5.57 Å². The topological polar surface area (TPSA) is 20.3 Å². The molecular formula is C14H27NO. The number of nitrogens with zero attached hydrogens (tertiary/aromatic N) is 1. The lowest BCUT2D eigenvalue weighted by atomic mass is 10.2. The highest BCUT2D eigenvalue weighted by atomic mass is 16.2. The molecule has 2 heteroatoms. The molecule has 94 valence electrons. The maximum atomic E-state index is 11.1. The Hall–Kier alpha value is -1.05. The first-order valence-electron chi connectivity index (χ1n) is 6.30. The van der Waals surface area contributed by atoms with E-state index >= 15 is 0 Å². The molecule has 1 heterocycles. The second kappa shape index (κ2) is 10.5. The minimum absolute atomic E-state index is 0.139. The molecule has 1 aliphatic heterocycles. The quantitative estimate of drug-likeness (QED) is 0.606. The lowest BCUT2D eigenvalue weighted by Crippen LogP contribution is -2.23. The third kappa shape index (κ3) is 4.65. The van der Waals surface area contributed by atoms with Gasteiger partial charge < -0.3 is 4.90 Å². The molecule has 0 radical (unpaired) electrons. The summed E-state index contributed by atoms with van der Waals surface area (Å²) in [4.78, 5) is 13.0. The summed E-state index contributed by atoms with van der Waals surface area (Å²) in [5.74, 6) is 0.139. The summed E-state index contributed by atoms with van der Waals surface area (Å²) in [7, 11) is 0. The Labute approximate surface area is 101 Å². The molecule has 1 rings (SSSR count). The Bertz CT molecular complexity index is 251. The fourth-order valence-corrected chi connectivity index (χ4v) is 1.61. The second-order valence-electron chi connectivity index (χ2n) is 2.91. The van der Waals surface area contributed by atoms with Gasteiger partial charge in [-0.1, -0.05) is 39.8 Å². The van der Waals surface area contributed by atoms with E-state index < -0.39 is 0 Å². The molecule has 2 nitrogen and oxygen atoms in total. The number of allylic oxidation sites excluding steroid dienone is 3. The van der Waals surface area contributed by atoms with Crippen LogP contribution in [0.5, 0.6) is 0 Å². The first-order chi connectivity index (χ1) is 7.70. The smallest absolute Gasteiger partial charge is 0.223 e. The summed E-state index contributed by atoms with van der Waals surface area (Å²) in [6.07, 6.45) is 5.08. The van der Waals surface area contributed by atoms with Gasteiger partial charge in [-0.3, -0.25) is 4.79 Å². The fraction of sp³-hybridized carbons (Fsp3) is 0.643. The minimum Gasteiger partial charge on any atom is -0.312 e. The van der Waals surface area contributed by atoms with Gasteiger partial charge in [-0.2, -0.15) is 0 Å². The van der Waals surface area contributed by atoms with E-state index in [0.717, 1.165) is 18.7 Å². The van der Waals surface area contributed by atoms with Crippen molar-refractivity contribution in [2.45, 2.75) is 54.9 Å². The lowest BCUT2D eigenvalue weighted by Gasteiger charge is -2.14. The molecule has 0 saturated carbocycles. The highest BCUT2D eigenvalue weighted by Gasteiger charge is 2.23. The summed E-state index contributed by atoms with van der Waals surface area (Å²) >= 11 is 0. The molecule has 0 aromatic heterocycles. The van der Waals surface area contributed by atoms with Gasteiger partial charge in [-0.15, -0.1) is 0 Å². The average Bonchev–Trinajstić information content (AvgIpc) is 2.77. The SMILES string of the molecule is C/C=C1/CCN(C(C)=O)/C1=C/C.CC.CC. The number of hydrogen-bond acceptors (Lipinski definition) is 1. The first-order valence-corrected chi connectivity index (χ1v) is 6.30. The van der Waals surface area contributed by atoms with Crippen molar-refractivity contribution in [1.29, 1.82) is 0 Å². The Balaban J connectivity index is 0. The average molecular weight is 225 g/mol. The van der Waals surface area contributed by atoms with Gasteiger partial charge in [0.15, 0.2) is 0 Å². The van der Waals surface area contributed by atoms with E-state index in [4.69, 9.17) is 0 Å². The van der Waals surface area contributed by atoms with Gasteiger partial charge in [-0.05, 0) is 25.8 Å². The maximum Gasteiger partial charge on any atom is 0.223 e. The van der Waals surface area contributed by atoms with Gasteiger partial charge in [0.2, 0.25) is 5.91 Å². The molecule has 0 aliphatic carbocycles. The number of carbonyl (C=O) groups is 1. The molecule has 0 unspecified atom stereocenters. The first kappa shape index (κ1) is 17.3. The number of likely N-dealkylation sites (tertiary alicyclic amines) is 1. The van der Waals surface area contributed by atoms with Crippen LogP contribution in [0.4, 0.5) is 0 Å². The molecule has 0 aromatic carbocycles. The van der Waals surface area contributed by atoms with Crippen LogP contribution in [-0.2, 0) is 4.79 Å². The van der Waals surface area contributed by atoms with E-state index in [1.807, 2.05) is 52.5 Å². The molecule has 1 aliphatic rings. The minimum atomic E-state index is 0.139. The van der Waals surface area contributed by atoms with Gasteiger partial charge in [-0.25, -0.2) is 0 Å². The summed E-state index contributed by atoms with van der Waals surface area (Å²) in [5.41, 5.74) is 2.37. The number of carbonyl (C=O) groups excluding carboxylic acids is 1. The van der Waals surface area contributed by atoms with Crippen LogP contribution in [0.25, 0.3) is 0 Å². The molecule has 0 spiro atoms. The molecule has 1 saturated heterocycles. The van der Waals surface area contributed by atoms with Crippen molar-refractivity contribution >= 4 is 5.91 Å². The molecule has 1 fully saturated rings. The highest BCUT2D eigenvalue weighted by molar-refractivity contribution is 5.77. The van der Waals surface area contributed by atoms with Gasteiger partial charge in [0.25, 0.3) is 0 Å². The van der Waals surface area contributed by atoms with Crippen LogP contribution >= 0.6 is 0 Å². The molecule has 0 aromatic rings. The summed E-state index contributed by atoms with van der Waals surface area (Å²) in [6.45, 7) is 14.4. The fourth-order valence-electron chi connectivity index (χ4n) is 1.61. The number of rotatable bonds is 0. The Kier molecular flexibility index (Phi) is 11.3. The third-order valence-electron chi connectivity index (χ3n) is 2.23. The van der Waals surface area contributed by atoms with Crippen molar-refractivity contribution in [3.8, 4) is 0 Å². The van der Waals surface area contributed by atoms with Crippen molar-refractivity contribution in [1.82, 2.24) is 4.90 Å². The predicted molar refractivity (Wildman–Crippen MR) is 72.2 cm³/mol. The van der Waals surface area contributed by atoms with Gasteiger partial charge >= 0.3 is 0 Å². The number of hydrogen-bond donors (Lipinski definition) is 0. The summed E-state index contributed by atoms with van der Waals surface area (Å²) in [5, 5.41) is 0. The molecule has 0 bridgehead atoms. The van der Waals surface area contributed by atoms with Crippen molar-refractivity contribution in [2.75, 3.05) is 6.54 Å². The van der Waals surface area contributed by atoms with Gasteiger partial charge in [0.1, 0.15) is 0 Å². The van der Waals surface area contributed by atoms with Crippen molar-refractivity contribution < 1.29 is 4.79 Å². The summed E-state index contributed by atoms with van der Waals surface area (Å²) in [6, 6.07) is 0. The monoisotopic (exact) mass is 225 g/mol. The summed E-state index contributed by atoms with van der Waals surface area (Å²) < 4.78 is 0. The molecule has 1 amide bonds. The van der Waals surface area contributed by atoms with Crippen molar-refractivity contribution in [3.05, 3.63) is 23.4 Å². The molecule has 0 N–H and O–H groups in total. The van der Waals surface area contributed by atoms with Crippen molar-refractivity contribution in [2.24, 2.45) is 0 Å². The van der Waals surface area contributed by atoms with Crippen LogP contribution in [-0.4, -0.2) is 17.4 Å². The van der Waals surface area contributed by atoms with E-state index in [0.29, 0.717) is 0 Å². The maximum absolute atomic E-state index is 11.1. The zero-order valence-corrected chi connectivity index (χ0v) is 11.9. The normalized spacial score (nSPS) is 18.8. The van der Waals surface area contributed by atoms with E-state index in [1.54, 1.807) is 6.92 Å². The Morgan fingerprint density at radius 3 is 1.94 bits per heavy atom. The van der Waals surface area contributed by atoms with Crippen LogP contribution in [0.2, 0.25) is 0 Å². The highest BCUT2D eigenvalue weighted by Crippen LogP contribution is 2.26. The van der Waals surface area contributed by atoms with Crippen LogP contribution in [0.15, 0.2) is 23.4 Å². The van der Waals surface area contributed by atoms with Crippen molar-refractivity contribution in [3.63, 3.8) is 0 Å². The van der Waals surface area contributed by atoms with Crippen LogP contribution in [0.1, 0.15) is 54.9 Å². The predicted octanol–water partition coefficient (Wildman–Crippen LogP) is 4.14. The lowest BCUT2D eigenvalue weighted by molar-refractivity contribution is -0.126. The van der Waals surface area contributed by atoms with Gasteiger partial charge in [0.05, 0.1) is 0 Å².